The van der Waals surface area contributed by atoms with Crippen molar-refractivity contribution in [3.8, 4) is 0 Å². The lowest BCUT2D eigenvalue weighted by molar-refractivity contribution is -0.111. The van der Waals surface area contributed by atoms with Gasteiger partial charge in [-0.2, -0.15) is 0 Å². The first-order valence-corrected chi connectivity index (χ1v) is 8.47. The van der Waals surface area contributed by atoms with Crippen molar-refractivity contribution in [2.24, 2.45) is 0 Å². The van der Waals surface area contributed by atoms with Gasteiger partial charge in [0, 0.05) is 17.2 Å². The molecule has 0 saturated heterocycles. The molecule has 0 fully saturated rings. The van der Waals surface area contributed by atoms with E-state index in [4.69, 9.17) is 9.84 Å². The molecule has 2 aliphatic rings. The highest BCUT2D eigenvalue weighted by Crippen LogP contribution is 2.44. The van der Waals surface area contributed by atoms with Gasteiger partial charge in [-0.25, -0.2) is 13.6 Å². The lowest BCUT2D eigenvalue weighted by atomic mass is 9.91. The number of halogens is 2. The number of carboxylic acids is 1. The van der Waals surface area contributed by atoms with Crippen molar-refractivity contribution < 1.29 is 28.2 Å². The fourth-order valence-electron chi connectivity index (χ4n) is 3.42. The molecule has 0 radical (unpaired) electrons. The Balaban J connectivity index is 1.83. The fourth-order valence-corrected chi connectivity index (χ4v) is 3.42. The van der Waals surface area contributed by atoms with E-state index in [0.717, 1.165) is 23.3 Å². The maximum Gasteiger partial charge on any atom is 0.335 e. The molecule has 0 spiro atoms. The normalized spacial score (nSPS) is 19.7. The standard InChI is InChI=1S/C21H15F2NO4/c1-21(2)13(10-3-5-11(6-4-10)20(26)27)8-17(28-21)18-12-7-14(22)15(23)9-16(12)24-19(18)25/h3-9H,1-2H3,(H,24,25)(H,26,27)/b18-17+. The van der Waals surface area contributed by atoms with E-state index in [2.05, 4.69) is 5.32 Å². The van der Waals surface area contributed by atoms with Gasteiger partial charge in [-0.3, -0.25) is 4.79 Å². The van der Waals surface area contributed by atoms with Crippen molar-refractivity contribution in [1.82, 2.24) is 0 Å². The molecule has 2 aliphatic heterocycles. The van der Waals surface area contributed by atoms with Crippen LogP contribution in [0.15, 0.2) is 48.2 Å². The van der Waals surface area contributed by atoms with Crippen LogP contribution < -0.4 is 5.32 Å². The quantitative estimate of drug-likeness (QED) is 0.762. The van der Waals surface area contributed by atoms with Crippen molar-refractivity contribution >= 4 is 28.7 Å². The number of ether oxygens (including phenoxy) is 1. The van der Waals surface area contributed by atoms with E-state index >= 15 is 0 Å². The second-order valence-corrected chi connectivity index (χ2v) is 7.06. The number of carbonyl (C=O) groups is 2. The summed E-state index contributed by atoms with van der Waals surface area (Å²) in [7, 11) is 0. The summed E-state index contributed by atoms with van der Waals surface area (Å²) >= 11 is 0. The van der Waals surface area contributed by atoms with Crippen LogP contribution in [0.4, 0.5) is 14.5 Å². The molecule has 5 nitrogen and oxygen atoms in total. The lowest BCUT2D eigenvalue weighted by Crippen LogP contribution is -2.21. The molecule has 142 valence electrons. The number of rotatable bonds is 2. The second kappa shape index (κ2) is 6.02. The van der Waals surface area contributed by atoms with Crippen molar-refractivity contribution in [2.45, 2.75) is 19.4 Å². The first-order chi connectivity index (χ1) is 13.2. The predicted octanol–water partition coefficient (Wildman–Crippen LogP) is 4.22. The van der Waals surface area contributed by atoms with Crippen molar-refractivity contribution in [2.75, 3.05) is 5.32 Å². The Kier molecular flexibility index (Phi) is 3.85. The Hall–Kier alpha value is -3.48. The third-order valence-corrected chi connectivity index (χ3v) is 4.78. The van der Waals surface area contributed by atoms with Crippen molar-refractivity contribution in [1.29, 1.82) is 0 Å². The van der Waals surface area contributed by atoms with Gasteiger partial charge in [-0.1, -0.05) is 12.1 Å². The molecule has 2 N–H and O–H groups in total. The molecular weight excluding hydrogens is 368 g/mol. The van der Waals surface area contributed by atoms with Gasteiger partial charge < -0.3 is 15.2 Å². The molecular formula is C21H15F2NO4. The monoisotopic (exact) mass is 383 g/mol. The fraction of sp³-hybridized carbons (Fsp3) is 0.143. The average Bonchev–Trinajstić information content (AvgIpc) is 3.10. The molecule has 2 heterocycles. The number of amides is 1. The number of carbonyl (C=O) groups excluding carboxylic acids is 1. The minimum Gasteiger partial charge on any atom is -0.482 e. The van der Waals surface area contributed by atoms with Crippen LogP contribution in [-0.2, 0) is 9.53 Å². The zero-order valence-corrected chi connectivity index (χ0v) is 15.0. The van der Waals surface area contributed by atoms with Crippen molar-refractivity contribution in [3.05, 3.63) is 76.6 Å². The summed E-state index contributed by atoms with van der Waals surface area (Å²) in [6.07, 6.45) is 1.67. The number of carboxylic acid groups (broad SMARTS) is 1. The van der Waals surface area contributed by atoms with E-state index in [0.29, 0.717) is 0 Å². The first-order valence-electron chi connectivity index (χ1n) is 8.47. The Bertz CT molecular complexity index is 1100. The molecule has 0 aliphatic carbocycles. The highest BCUT2D eigenvalue weighted by molar-refractivity contribution is 6.32. The van der Waals surface area contributed by atoms with Gasteiger partial charge in [0.15, 0.2) is 11.6 Å². The summed E-state index contributed by atoms with van der Waals surface area (Å²) in [5.41, 5.74) is 1.34. The molecule has 2 aromatic rings. The second-order valence-electron chi connectivity index (χ2n) is 7.06. The van der Waals surface area contributed by atoms with Gasteiger partial charge in [-0.05, 0) is 43.7 Å². The summed E-state index contributed by atoms with van der Waals surface area (Å²) in [5.74, 6) is -3.40. The zero-order valence-electron chi connectivity index (χ0n) is 15.0. The third kappa shape index (κ3) is 2.76. The Morgan fingerprint density at radius 2 is 1.75 bits per heavy atom. The van der Waals surface area contributed by atoms with Crippen LogP contribution in [0.1, 0.15) is 35.3 Å². The minimum absolute atomic E-state index is 0.124. The van der Waals surface area contributed by atoms with E-state index < -0.39 is 29.1 Å². The van der Waals surface area contributed by atoms with Gasteiger partial charge in [0.1, 0.15) is 11.4 Å². The number of fused-ring (bicyclic) bond motifs is 1. The number of anilines is 1. The Morgan fingerprint density at radius 3 is 2.39 bits per heavy atom. The van der Waals surface area contributed by atoms with Gasteiger partial charge in [0.05, 0.1) is 16.8 Å². The SMILES string of the molecule is CC1(C)O/C(=C2/C(=O)Nc3cc(F)c(F)cc32)C=C1c1ccc(C(=O)O)cc1. The number of aromatic carboxylic acids is 1. The molecule has 0 aromatic heterocycles. The number of hydrogen-bond donors (Lipinski definition) is 2. The molecule has 2 aromatic carbocycles. The van der Waals surface area contributed by atoms with E-state index in [1.54, 1.807) is 32.1 Å². The topological polar surface area (TPSA) is 75.6 Å². The molecule has 1 amide bonds. The average molecular weight is 383 g/mol. The number of benzene rings is 2. The summed E-state index contributed by atoms with van der Waals surface area (Å²) in [5, 5.41) is 11.6. The maximum absolute atomic E-state index is 13.7. The number of nitrogens with one attached hydrogen (secondary N) is 1. The minimum atomic E-state index is -1.06. The summed E-state index contributed by atoms with van der Waals surface area (Å²) < 4.78 is 33.2. The predicted molar refractivity (Wildman–Crippen MR) is 98.5 cm³/mol. The van der Waals surface area contributed by atoms with Crippen molar-refractivity contribution in [3.63, 3.8) is 0 Å². The summed E-state index contributed by atoms with van der Waals surface area (Å²) in [6.45, 7) is 3.60. The Morgan fingerprint density at radius 1 is 1.11 bits per heavy atom. The largest absolute Gasteiger partial charge is 0.482 e. The molecule has 28 heavy (non-hydrogen) atoms. The molecule has 0 atom stereocenters. The molecule has 0 unspecified atom stereocenters. The number of allylic oxidation sites excluding steroid dienone is 1. The molecule has 7 heteroatoms. The van der Waals surface area contributed by atoms with E-state index in [1.165, 1.54) is 12.1 Å². The van der Waals surface area contributed by atoms with Crippen LogP contribution >= 0.6 is 0 Å². The highest BCUT2D eigenvalue weighted by Gasteiger charge is 2.38. The van der Waals surface area contributed by atoms with Gasteiger partial charge in [-0.15, -0.1) is 0 Å². The molecule has 4 rings (SSSR count). The summed E-state index contributed by atoms with van der Waals surface area (Å²) in [4.78, 5) is 23.5. The third-order valence-electron chi connectivity index (χ3n) is 4.78. The van der Waals surface area contributed by atoms with Gasteiger partial charge in [0.2, 0.25) is 0 Å². The van der Waals surface area contributed by atoms with Crippen LogP contribution in [0.25, 0.3) is 11.1 Å². The van der Waals surface area contributed by atoms with Crippen LogP contribution in [-0.4, -0.2) is 22.6 Å². The maximum atomic E-state index is 13.7. The Labute approximate surface area is 158 Å². The van der Waals surface area contributed by atoms with Crippen LogP contribution in [0.3, 0.4) is 0 Å². The lowest BCUT2D eigenvalue weighted by Gasteiger charge is -2.23. The first kappa shape index (κ1) is 17.9. The molecule has 0 saturated carbocycles. The zero-order chi connectivity index (χ0) is 20.2. The van der Waals surface area contributed by atoms with E-state index in [-0.39, 0.29) is 28.1 Å². The van der Waals surface area contributed by atoms with E-state index in [1.807, 2.05) is 0 Å². The number of hydrogen-bond acceptors (Lipinski definition) is 3. The smallest absolute Gasteiger partial charge is 0.335 e. The summed E-state index contributed by atoms with van der Waals surface area (Å²) in [6, 6.07) is 8.18. The molecule has 0 bridgehead atoms. The highest BCUT2D eigenvalue weighted by atomic mass is 19.2. The van der Waals surface area contributed by atoms with E-state index in [9.17, 15) is 18.4 Å². The van der Waals surface area contributed by atoms with Crippen LogP contribution in [0, 0.1) is 11.6 Å². The van der Waals surface area contributed by atoms with Gasteiger partial charge >= 0.3 is 5.97 Å². The van der Waals surface area contributed by atoms with Crippen LogP contribution in [0.2, 0.25) is 0 Å². The van der Waals surface area contributed by atoms with Gasteiger partial charge in [0.25, 0.3) is 5.91 Å². The van der Waals surface area contributed by atoms with Crippen LogP contribution in [0.5, 0.6) is 0 Å².